The Morgan fingerprint density at radius 2 is 0.810 bits per heavy atom. The van der Waals surface area contributed by atoms with Crippen molar-refractivity contribution in [3.8, 4) is 55.9 Å². The summed E-state index contributed by atoms with van der Waals surface area (Å²) in [4.78, 5) is 0. The van der Waals surface area contributed by atoms with Crippen LogP contribution in [0.5, 0.6) is 0 Å². The minimum Gasteiger partial charge on any atom is -0.309 e. The number of para-hydroxylation sites is 2. The summed E-state index contributed by atoms with van der Waals surface area (Å²) in [5.74, 6) is 0. The summed E-state index contributed by atoms with van der Waals surface area (Å²) in [7, 11) is 0. The first-order valence-corrected chi connectivity index (χ1v) is 19.4. The fourth-order valence-corrected chi connectivity index (χ4v) is 9.53. The lowest BCUT2D eigenvalue weighted by Gasteiger charge is -2.13. The maximum Gasteiger partial charge on any atom is 0.416 e. The molecule has 2 nitrogen and oxygen atoms in total. The van der Waals surface area contributed by atoms with E-state index in [0.717, 1.165) is 67.2 Å². The molecule has 0 saturated carbocycles. The maximum atomic E-state index is 13.4. The minimum atomic E-state index is -4.39. The lowest BCUT2D eigenvalue weighted by molar-refractivity contribution is -0.137. The molecule has 11 aromatic rings. The number of hydrogen-bond acceptors (Lipinski definition) is 0. The van der Waals surface area contributed by atoms with E-state index in [1.54, 1.807) is 12.1 Å². The Morgan fingerprint density at radius 3 is 1.45 bits per heavy atom. The SMILES string of the molecule is FC(F)(F)c1ccc(-n2c3ccccc3c3cc(-c4ccc5c(c4)c4ccccc4n5-c4cccc(-c5ccc6c7c(cccc57)-c5ccccc5-6)c4)ccc32)cc1. The molecule has 9 aromatic carbocycles. The highest BCUT2D eigenvalue weighted by atomic mass is 19.4. The van der Waals surface area contributed by atoms with Gasteiger partial charge in [-0.2, -0.15) is 13.2 Å². The molecule has 0 fully saturated rings. The van der Waals surface area contributed by atoms with E-state index in [-0.39, 0.29) is 0 Å². The van der Waals surface area contributed by atoms with Crippen LogP contribution in [0.3, 0.4) is 0 Å². The highest BCUT2D eigenvalue weighted by Gasteiger charge is 2.30. The zero-order valence-electron chi connectivity index (χ0n) is 30.9. The smallest absolute Gasteiger partial charge is 0.309 e. The molecule has 0 N–H and O–H groups in total. The van der Waals surface area contributed by atoms with Gasteiger partial charge < -0.3 is 9.13 Å². The summed E-state index contributed by atoms with van der Waals surface area (Å²) >= 11 is 0. The molecule has 5 heteroatoms. The largest absolute Gasteiger partial charge is 0.416 e. The van der Waals surface area contributed by atoms with E-state index in [9.17, 15) is 13.2 Å². The van der Waals surface area contributed by atoms with Crippen molar-refractivity contribution in [2.24, 2.45) is 0 Å². The standard InChI is InChI=1S/C53H31F3N2/c54-53(55,56)35-21-23-36(24-22-35)57-48-17-5-3-13-41(48)46-30-32(19-27-50(46)57)33-20-28-51-47(31-33)42-14-4-6-18-49(42)58(51)37-10-7-9-34(29-37)38-25-26-45-40-12-2-1-11-39(40)44-16-8-15-43(38)52(44)45/h1-31H. The van der Waals surface area contributed by atoms with Crippen LogP contribution in [0.2, 0.25) is 0 Å². The molecule has 2 aromatic heterocycles. The summed E-state index contributed by atoms with van der Waals surface area (Å²) in [6, 6.07) is 64.0. The van der Waals surface area contributed by atoms with Gasteiger partial charge >= 0.3 is 6.18 Å². The third-order valence-electron chi connectivity index (χ3n) is 12.1. The zero-order chi connectivity index (χ0) is 38.7. The van der Waals surface area contributed by atoms with Gasteiger partial charge in [-0.15, -0.1) is 0 Å². The zero-order valence-corrected chi connectivity index (χ0v) is 30.9. The number of fused-ring (bicyclic) bond motifs is 9. The number of hydrogen-bond donors (Lipinski definition) is 0. The molecule has 0 spiro atoms. The van der Waals surface area contributed by atoms with Gasteiger partial charge in [-0.05, 0) is 128 Å². The molecule has 0 saturated heterocycles. The quantitative estimate of drug-likeness (QED) is 0.169. The Hall–Kier alpha value is -7.37. The van der Waals surface area contributed by atoms with Crippen LogP contribution in [0.25, 0.3) is 110 Å². The number of rotatable bonds is 4. The molecule has 274 valence electrons. The highest BCUT2D eigenvalue weighted by molar-refractivity contribution is 6.19. The van der Waals surface area contributed by atoms with Gasteiger partial charge in [-0.25, -0.2) is 0 Å². The van der Waals surface area contributed by atoms with Crippen molar-refractivity contribution >= 4 is 54.4 Å². The van der Waals surface area contributed by atoms with Crippen LogP contribution in [0.1, 0.15) is 5.56 Å². The van der Waals surface area contributed by atoms with Crippen LogP contribution in [0.15, 0.2) is 188 Å². The average molecular weight is 753 g/mol. The average Bonchev–Trinajstić information content (AvgIpc) is 3.90. The van der Waals surface area contributed by atoms with Crippen molar-refractivity contribution in [3.05, 3.63) is 194 Å². The summed E-state index contributed by atoms with van der Waals surface area (Å²) in [6.07, 6.45) is -4.39. The Balaban J connectivity index is 0.981. The Kier molecular flexibility index (Phi) is 6.83. The molecular weight excluding hydrogens is 722 g/mol. The predicted octanol–water partition coefficient (Wildman–Crippen LogP) is 15.0. The van der Waals surface area contributed by atoms with Crippen molar-refractivity contribution in [1.82, 2.24) is 9.13 Å². The van der Waals surface area contributed by atoms with Crippen molar-refractivity contribution < 1.29 is 13.2 Å². The first kappa shape index (κ1) is 32.8. The van der Waals surface area contributed by atoms with Crippen LogP contribution in [0, 0.1) is 0 Å². The molecule has 12 rings (SSSR count). The topological polar surface area (TPSA) is 9.86 Å². The number of halogens is 3. The molecule has 1 aliphatic carbocycles. The molecule has 0 atom stereocenters. The number of aromatic nitrogens is 2. The van der Waals surface area contributed by atoms with Gasteiger partial charge in [0.25, 0.3) is 0 Å². The molecule has 0 radical (unpaired) electrons. The molecule has 0 aliphatic heterocycles. The number of benzene rings is 9. The molecule has 2 heterocycles. The van der Waals surface area contributed by atoms with Gasteiger partial charge in [0.2, 0.25) is 0 Å². The summed E-state index contributed by atoms with van der Waals surface area (Å²) in [5, 5.41) is 7.00. The van der Waals surface area contributed by atoms with Crippen molar-refractivity contribution in [2.75, 3.05) is 0 Å². The molecule has 58 heavy (non-hydrogen) atoms. The van der Waals surface area contributed by atoms with E-state index < -0.39 is 11.7 Å². The van der Waals surface area contributed by atoms with Crippen LogP contribution in [0.4, 0.5) is 13.2 Å². The van der Waals surface area contributed by atoms with Crippen molar-refractivity contribution in [3.63, 3.8) is 0 Å². The Labute approximate surface area is 331 Å². The van der Waals surface area contributed by atoms with E-state index in [0.29, 0.717) is 5.69 Å². The third-order valence-corrected chi connectivity index (χ3v) is 12.1. The second-order valence-electron chi connectivity index (χ2n) is 15.2. The second-order valence-corrected chi connectivity index (χ2v) is 15.2. The summed E-state index contributed by atoms with van der Waals surface area (Å²) < 4.78 is 44.7. The molecular formula is C53H31F3N2. The molecule has 1 aliphatic rings. The lowest BCUT2D eigenvalue weighted by atomic mass is 9.94. The monoisotopic (exact) mass is 752 g/mol. The van der Waals surface area contributed by atoms with Gasteiger partial charge in [0.05, 0.1) is 27.6 Å². The van der Waals surface area contributed by atoms with Gasteiger partial charge in [-0.1, -0.05) is 115 Å². The Bertz CT molecular complexity index is 3460. The predicted molar refractivity (Wildman–Crippen MR) is 233 cm³/mol. The first-order chi connectivity index (χ1) is 28.4. The van der Waals surface area contributed by atoms with Crippen LogP contribution in [-0.2, 0) is 6.18 Å². The van der Waals surface area contributed by atoms with E-state index in [4.69, 9.17) is 0 Å². The van der Waals surface area contributed by atoms with Gasteiger partial charge in [-0.3, -0.25) is 0 Å². The normalized spacial score (nSPS) is 12.4. The van der Waals surface area contributed by atoms with Gasteiger partial charge in [0, 0.05) is 32.9 Å². The molecule has 0 amide bonds. The van der Waals surface area contributed by atoms with E-state index in [1.165, 1.54) is 49.5 Å². The van der Waals surface area contributed by atoms with Gasteiger partial charge in [0.1, 0.15) is 0 Å². The molecule has 0 unspecified atom stereocenters. The fraction of sp³-hybridized carbons (Fsp3) is 0.0189. The third kappa shape index (κ3) is 4.74. The van der Waals surface area contributed by atoms with E-state index >= 15 is 0 Å². The van der Waals surface area contributed by atoms with Crippen LogP contribution >= 0.6 is 0 Å². The summed E-state index contributed by atoms with van der Waals surface area (Å²) in [5.41, 5.74) is 15.0. The second kappa shape index (κ2) is 12.1. The minimum absolute atomic E-state index is 0.660. The number of alkyl halides is 3. The van der Waals surface area contributed by atoms with Crippen LogP contribution < -0.4 is 0 Å². The van der Waals surface area contributed by atoms with Crippen molar-refractivity contribution in [1.29, 1.82) is 0 Å². The lowest BCUT2D eigenvalue weighted by Crippen LogP contribution is -2.05. The first-order valence-electron chi connectivity index (χ1n) is 19.4. The van der Waals surface area contributed by atoms with E-state index in [2.05, 4.69) is 150 Å². The van der Waals surface area contributed by atoms with Crippen molar-refractivity contribution in [2.45, 2.75) is 6.18 Å². The number of nitrogens with zero attached hydrogens (tertiary/aromatic N) is 2. The highest BCUT2D eigenvalue weighted by Crippen LogP contribution is 2.49. The van der Waals surface area contributed by atoms with E-state index in [1.807, 2.05) is 22.8 Å². The summed E-state index contributed by atoms with van der Waals surface area (Å²) in [6.45, 7) is 0. The fourth-order valence-electron chi connectivity index (χ4n) is 9.53. The molecule has 0 bridgehead atoms. The maximum absolute atomic E-state index is 13.4. The Morgan fingerprint density at radius 1 is 0.310 bits per heavy atom. The van der Waals surface area contributed by atoms with Crippen LogP contribution in [-0.4, -0.2) is 9.13 Å². The van der Waals surface area contributed by atoms with Gasteiger partial charge in [0.15, 0.2) is 0 Å².